The van der Waals surface area contributed by atoms with Crippen molar-refractivity contribution < 1.29 is 9.90 Å². The summed E-state index contributed by atoms with van der Waals surface area (Å²) in [5, 5.41) is 10.0. The zero-order valence-corrected chi connectivity index (χ0v) is 13.7. The van der Waals surface area contributed by atoms with Crippen molar-refractivity contribution in [1.29, 1.82) is 0 Å². The van der Waals surface area contributed by atoms with E-state index < -0.39 is 6.10 Å². The summed E-state index contributed by atoms with van der Waals surface area (Å²) in [6.45, 7) is 5.22. The molecule has 2 fully saturated rings. The number of hydrogen-bond acceptors (Lipinski definition) is 2. The zero-order chi connectivity index (χ0) is 15.7. The standard InChI is InChI=1S/C19H27NO2/c1-13(2)14-8-10-15(11-9-14)17-6-4-12-20(17)19(22)16-5-3-7-18(16)21/h8-11,13,16-18,21H,3-7,12H2,1-2H3. The molecule has 1 aromatic rings. The lowest BCUT2D eigenvalue weighted by Crippen LogP contribution is -2.38. The summed E-state index contributed by atoms with van der Waals surface area (Å²) in [6.07, 6.45) is 4.25. The van der Waals surface area contributed by atoms with Gasteiger partial charge in [-0.1, -0.05) is 38.1 Å². The summed E-state index contributed by atoms with van der Waals surface area (Å²) in [7, 11) is 0. The maximum Gasteiger partial charge on any atom is 0.228 e. The van der Waals surface area contributed by atoms with E-state index >= 15 is 0 Å². The molecule has 1 saturated heterocycles. The molecule has 3 rings (SSSR count). The van der Waals surface area contributed by atoms with Crippen LogP contribution < -0.4 is 0 Å². The monoisotopic (exact) mass is 301 g/mol. The smallest absolute Gasteiger partial charge is 0.228 e. The molecular formula is C19H27NO2. The van der Waals surface area contributed by atoms with E-state index in [2.05, 4.69) is 38.1 Å². The van der Waals surface area contributed by atoms with E-state index in [1.165, 1.54) is 11.1 Å². The summed E-state index contributed by atoms with van der Waals surface area (Å²) in [5.74, 6) is 0.528. The van der Waals surface area contributed by atoms with Gasteiger partial charge in [0.1, 0.15) is 0 Å². The van der Waals surface area contributed by atoms with Gasteiger partial charge < -0.3 is 10.0 Å². The second-order valence-electron chi connectivity index (χ2n) is 7.12. The van der Waals surface area contributed by atoms with Gasteiger partial charge in [0.05, 0.1) is 18.1 Å². The maximum absolute atomic E-state index is 12.8. The molecule has 0 bridgehead atoms. The molecule has 0 aromatic heterocycles. The van der Waals surface area contributed by atoms with Gasteiger partial charge in [-0.3, -0.25) is 4.79 Å². The third kappa shape index (κ3) is 2.91. The van der Waals surface area contributed by atoms with Gasteiger partial charge in [0, 0.05) is 6.54 Å². The van der Waals surface area contributed by atoms with E-state index in [1.54, 1.807) is 0 Å². The number of likely N-dealkylation sites (tertiary alicyclic amines) is 1. The molecule has 1 aliphatic carbocycles. The van der Waals surface area contributed by atoms with E-state index in [9.17, 15) is 9.90 Å². The Hall–Kier alpha value is -1.35. The number of hydrogen-bond donors (Lipinski definition) is 1. The van der Waals surface area contributed by atoms with Crippen LogP contribution in [0.25, 0.3) is 0 Å². The minimum Gasteiger partial charge on any atom is -0.392 e. The van der Waals surface area contributed by atoms with Gasteiger partial charge in [0.15, 0.2) is 0 Å². The molecule has 3 heteroatoms. The molecule has 3 atom stereocenters. The highest BCUT2D eigenvalue weighted by Gasteiger charge is 2.38. The lowest BCUT2D eigenvalue weighted by molar-refractivity contribution is -0.139. The molecule has 1 saturated carbocycles. The number of aliphatic hydroxyl groups excluding tert-OH is 1. The minimum atomic E-state index is -0.433. The lowest BCUT2D eigenvalue weighted by atomic mass is 9.97. The van der Waals surface area contributed by atoms with Gasteiger partial charge in [0.2, 0.25) is 5.91 Å². The van der Waals surface area contributed by atoms with Gasteiger partial charge in [-0.25, -0.2) is 0 Å². The van der Waals surface area contributed by atoms with E-state index in [-0.39, 0.29) is 17.9 Å². The van der Waals surface area contributed by atoms with Gasteiger partial charge >= 0.3 is 0 Å². The Morgan fingerprint density at radius 1 is 1.14 bits per heavy atom. The second kappa shape index (κ2) is 6.41. The summed E-state index contributed by atoms with van der Waals surface area (Å²) in [4.78, 5) is 14.8. The maximum atomic E-state index is 12.8. The fourth-order valence-corrected chi connectivity index (χ4v) is 3.92. The topological polar surface area (TPSA) is 40.5 Å². The van der Waals surface area contributed by atoms with Crippen molar-refractivity contribution in [3.8, 4) is 0 Å². The van der Waals surface area contributed by atoms with Crippen LogP contribution in [0.3, 0.4) is 0 Å². The van der Waals surface area contributed by atoms with Crippen molar-refractivity contribution in [2.75, 3.05) is 6.54 Å². The molecule has 22 heavy (non-hydrogen) atoms. The first kappa shape index (κ1) is 15.5. The van der Waals surface area contributed by atoms with Crippen molar-refractivity contribution in [3.63, 3.8) is 0 Å². The molecule has 0 spiro atoms. The number of rotatable bonds is 3. The fraction of sp³-hybridized carbons (Fsp3) is 0.632. The molecule has 2 aliphatic rings. The Morgan fingerprint density at radius 2 is 1.86 bits per heavy atom. The Bertz CT molecular complexity index is 523. The summed E-state index contributed by atoms with van der Waals surface area (Å²) >= 11 is 0. The Balaban J connectivity index is 1.76. The van der Waals surface area contributed by atoms with Crippen molar-refractivity contribution in [3.05, 3.63) is 35.4 Å². The second-order valence-corrected chi connectivity index (χ2v) is 7.12. The number of aliphatic hydroxyl groups is 1. The van der Waals surface area contributed by atoms with Crippen LogP contribution >= 0.6 is 0 Å². The van der Waals surface area contributed by atoms with Crippen LogP contribution in [0.15, 0.2) is 24.3 Å². The predicted octanol–water partition coefficient (Wildman–Crippen LogP) is 3.63. The number of benzene rings is 1. The average Bonchev–Trinajstić information content (AvgIpc) is 3.15. The molecule has 120 valence electrons. The van der Waals surface area contributed by atoms with Crippen molar-refractivity contribution in [2.45, 2.75) is 64.0 Å². The lowest BCUT2D eigenvalue weighted by Gasteiger charge is -2.29. The van der Waals surface area contributed by atoms with Gasteiger partial charge in [-0.05, 0) is 49.1 Å². The number of amides is 1. The normalized spacial score (nSPS) is 28.5. The molecular weight excluding hydrogens is 274 g/mol. The summed E-state index contributed by atoms with van der Waals surface area (Å²) in [6, 6.07) is 8.92. The van der Waals surface area contributed by atoms with E-state index in [0.29, 0.717) is 5.92 Å². The average molecular weight is 301 g/mol. The summed E-state index contributed by atoms with van der Waals surface area (Å²) in [5.41, 5.74) is 2.58. The third-order valence-corrected chi connectivity index (χ3v) is 5.32. The molecule has 1 heterocycles. The van der Waals surface area contributed by atoms with Crippen LogP contribution in [0.5, 0.6) is 0 Å². The highest BCUT2D eigenvalue weighted by Crippen LogP contribution is 2.36. The molecule has 1 amide bonds. The third-order valence-electron chi connectivity index (χ3n) is 5.32. The van der Waals surface area contributed by atoms with E-state index in [0.717, 1.165) is 38.6 Å². The minimum absolute atomic E-state index is 0.167. The summed E-state index contributed by atoms with van der Waals surface area (Å²) < 4.78 is 0. The van der Waals surface area contributed by atoms with Crippen LogP contribution in [-0.2, 0) is 4.79 Å². The van der Waals surface area contributed by atoms with Crippen LogP contribution in [0.1, 0.15) is 69.0 Å². The Morgan fingerprint density at radius 3 is 2.45 bits per heavy atom. The quantitative estimate of drug-likeness (QED) is 0.926. The van der Waals surface area contributed by atoms with Crippen LogP contribution in [0.2, 0.25) is 0 Å². The van der Waals surface area contributed by atoms with Crippen molar-refractivity contribution in [2.24, 2.45) is 5.92 Å². The first-order valence-electron chi connectivity index (χ1n) is 8.66. The number of carbonyl (C=O) groups excluding carboxylic acids is 1. The van der Waals surface area contributed by atoms with E-state index in [1.807, 2.05) is 4.90 Å². The highest BCUT2D eigenvalue weighted by atomic mass is 16.3. The van der Waals surface area contributed by atoms with Gasteiger partial charge in [-0.15, -0.1) is 0 Å². The van der Waals surface area contributed by atoms with Crippen molar-refractivity contribution in [1.82, 2.24) is 4.90 Å². The predicted molar refractivity (Wildman–Crippen MR) is 87.6 cm³/mol. The van der Waals surface area contributed by atoms with Crippen LogP contribution in [-0.4, -0.2) is 28.6 Å². The zero-order valence-electron chi connectivity index (χ0n) is 13.7. The SMILES string of the molecule is CC(C)c1ccc(C2CCCN2C(=O)C2CCCC2O)cc1. The van der Waals surface area contributed by atoms with E-state index in [4.69, 9.17) is 0 Å². The number of nitrogens with zero attached hydrogens (tertiary/aromatic N) is 1. The number of carbonyl (C=O) groups is 1. The molecule has 1 N–H and O–H groups in total. The van der Waals surface area contributed by atoms with Crippen LogP contribution in [0, 0.1) is 5.92 Å². The molecule has 0 radical (unpaired) electrons. The first-order chi connectivity index (χ1) is 10.6. The largest absolute Gasteiger partial charge is 0.392 e. The van der Waals surface area contributed by atoms with Gasteiger partial charge in [-0.2, -0.15) is 0 Å². The molecule has 1 aromatic carbocycles. The first-order valence-corrected chi connectivity index (χ1v) is 8.66. The van der Waals surface area contributed by atoms with Crippen LogP contribution in [0.4, 0.5) is 0 Å². The Labute approximate surface area is 133 Å². The molecule has 1 aliphatic heterocycles. The molecule has 3 nitrogen and oxygen atoms in total. The Kier molecular flexibility index (Phi) is 4.53. The highest BCUT2D eigenvalue weighted by molar-refractivity contribution is 5.80. The van der Waals surface area contributed by atoms with Crippen molar-refractivity contribution >= 4 is 5.91 Å². The van der Waals surface area contributed by atoms with Gasteiger partial charge in [0.25, 0.3) is 0 Å². The fourth-order valence-electron chi connectivity index (χ4n) is 3.92. The molecule has 3 unspecified atom stereocenters.